The number of nitrogens with zero attached hydrogens (tertiary/aromatic N) is 2. The minimum Gasteiger partial charge on any atom is -0.288 e. The zero-order valence-electron chi connectivity index (χ0n) is 17.1. The number of hydrogen-bond acceptors (Lipinski definition) is 3. The molecule has 0 unspecified atom stereocenters. The first-order valence-corrected chi connectivity index (χ1v) is 10.5. The van der Waals surface area contributed by atoms with Crippen molar-refractivity contribution in [3.8, 4) is 5.69 Å². The number of rotatable bonds is 3. The summed E-state index contributed by atoms with van der Waals surface area (Å²) in [6, 6.07) is 17.7. The Morgan fingerprint density at radius 1 is 0.897 bits per heavy atom. The van der Waals surface area contributed by atoms with Gasteiger partial charge in [0.15, 0.2) is 0 Å². The number of thiophene rings is 1. The van der Waals surface area contributed by atoms with Gasteiger partial charge < -0.3 is 0 Å². The number of fused-ring (bicyclic) bond motifs is 1. The van der Waals surface area contributed by atoms with Crippen molar-refractivity contribution in [2.24, 2.45) is 0 Å². The Morgan fingerprint density at radius 2 is 1.55 bits per heavy atom. The van der Waals surface area contributed by atoms with E-state index in [0.717, 1.165) is 11.1 Å². The van der Waals surface area contributed by atoms with Gasteiger partial charge in [-0.05, 0) is 47.0 Å². The fourth-order valence-corrected chi connectivity index (χ4v) is 4.28. The van der Waals surface area contributed by atoms with Crippen LogP contribution in [0.15, 0.2) is 69.6 Å². The molecule has 0 fully saturated rings. The van der Waals surface area contributed by atoms with Crippen molar-refractivity contribution in [3.63, 3.8) is 0 Å². The van der Waals surface area contributed by atoms with Crippen LogP contribution in [0.2, 0.25) is 0 Å². The highest BCUT2D eigenvalue weighted by atomic mass is 32.1. The predicted octanol–water partition coefficient (Wildman–Crippen LogP) is 4.87. The molecule has 0 amide bonds. The van der Waals surface area contributed by atoms with Crippen molar-refractivity contribution in [1.29, 1.82) is 0 Å². The molecule has 0 saturated carbocycles. The molecule has 5 heteroatoms. The standard InChI is InChI=1S/C24H24N2O2S/c1-16-5-11-19(12-6-16)26-22(27)21-20(13-14-29-21)25(23(26)28)15-17-7-9-18(10-8-17)24(2,3)4/h5-14H,15H2,1-4H3. The molecule has 0 N–H and O–H groups in total. The second-order valence-corrected chi connectivity index (χ2v) is 9.34. The zero-order valence-corrected chi connectivity index (χ0v) is 17.9. The van der Waals surface area contributed by atoms with Gasteiger partial charge in [-0.15, -0.1) is 11.3 Å². The van der Waals surface area contributed by atoms with Crippen LogP contribution in [0.1, 0.15) is 37.5 Å². The molecule has 0 bridgehead atoms. The second-order valence-electron chi connectivity index (χ2n) is 8.43. The van der Waals surface area contributed by atoms with Gasteiger partial charge in [0, 0.05) is 0 Å². The van der Waals surface area contributed by atoms with Gasteiger partial charge in [0.25, 0.3) is 5.56 Å². The molecule has 4 rings (SSSR count). The quantitative estimate of drug-likeness (QED) is 0.489. The Bertz CT molecular complexity index is 1280. The van der Waals surface area contributed by atoms with Gasteiger partial charge in [-0.3, -0.25) is 9.36 Å². The lowest BCUT2D eigenvalue weighted by Crippen LogP contribution is -2.38. The number of aryl methyl sites for hydroxylation is 1. The van der Waals surface area contributed by atoms with Crippen LogP contribution < -0.4 is 11.2 Å². The Labute approximate surface area is 173 Å². The van der Waals surface area contributed by atoms with E-state index in [1.165, 1.54) is 21.5 Å². The lowest BCUT2D eigenvalue weighted by Gasteiger charge is -2.19. The number of benzene rings is 2. The molecule has 148 valence electrons. The molecule has 29 heavy (non-hydrogen) atoms. The van der Waals surface area contributed by atoms with Crippen LogP contribution in [0.4, 0.5) is 0 Å². The number of aromatic nitrogens is 2. The first kappa shape index (κ1) is 19.4. The average Bonchev–Trinajstić information content (AvgIpc) is 3.16. The van der Waals surface area contributed by atoms with Gasteiger partial charge in [0.1, 0.15) is 4.70 Å². The summed E-state index contributed by atoms with van der Waals surface area (Å²) in [5, 5.41) is 1.87. The molecule has 0 saturated heterocycles. The summed E-state index contributed by atoms with van der Waals surface area (Å²) in [5.74, 6) is 0. The minimum atomic E-state index is -0.315. The van der Waals surface area contributed by atoms with Crippen molar-refractivity contribution >= 4 is 21.6 Å². The normalized spacial score (nSPS) is 11.9. The molecular weight excluding hydrogens is 380 g/mol. The fraction of sp³-hybridized carbons (Fsp3) is 0.250. The molecule has 0 aliphatic heterocycles. The topological polar surface area (TPSA) is 44.0 Å². The third kappa shape index (κ3) is 3.58. The van der Waals surface area contributed by atoms with E-state index in [2.05, 4.69) is 45.0 Å². The van der Waals surface area contributed by atoms with E-state index >= 15 is 0 Å². The molecule has 2 aromatic heterocycles. The minimum absolute atomic E-state index is 0.0780. The first-order valence-electron chi connectivity index (χ1n) is 9.65. The number of hydrogen-bond donors (Lipinski definition) is 0. The highest BCUT2D eigenvalue weighted by molar-refractivity contribution is 7.17. The molecule has 0 spiro atoms. The summed E-state index contributed by atoms with van der Waals surface area (Å²) >= 11 is 1.37. The van der Waals surface area contributed by atoms with E-state index in [9.17, 15) is 9.59 Å². The molecule has 0 atom stereocenters. The molecule has 2 heterocycles. The predicted molar refractivity (Wildman–Crippen MR) is 121 cm³/mol. The molecular formula is C24H24N2O2S. The SMILES string of the molecule is Cc1ccc(-n2c(=O)c3sccc3n(Cc3ccc(C(C)(C)C)cc3)c2=O)cc1. The molecule has 0 aliphatic rings. The largest absolute Gasteiger partial charge is 0.336 e. The maximum absolute atomic E-state index is 13.3. The van der Waals surface area contributed by atoms with Gasteiger partial charge in [0.05, 0.1) is 17.7 Å². The van der Waals surface area contributed by atoms with Gasteiger partial charge in [-0.1, -0.05) is 62.7 Å². The monoisotopic (exact) mass is 404 g/mol. The average molecular weight is 405 g/mol. The zero-order chi connectivity index (χ0) is 20.8. The summed E-state index contributed by atoms with van der Waals surface area (Å²) in [4.78, 5) is 26.4. The summed E-state index contributed by atoms with van der Waals surface area (Å²) in [6.45, 7) is 8.94. The van der Waals surface area contributed by atoms with Gasteiger partial charge >= 0.3 is 5.69 Å². The summed E-state index contributed by atoms with van der Waals surface area (Å²) in [5.41, 5.74) is 4.15. The maximum atomic E-state index is 13.3. The van der Waals surface area contributed by atoms with Gasteiger partial charge in [0.2, 0.25) is 0 Å². The summed E-state index contributed by atoms with van der Waals surface area (Å²) in [7, 11) is 0. The Hall–Kier alpha value is -2.92. The first-order chi connectivity index (χ1) is 13.8. The highest BCUT2D eigenvalue weighted by Gasteiger charge is 2.17. The Morgan fingerprint density at radius 3 is 2.17 bits per heavy atom. The highest BCUT2D eigenvalue weighted by Crippen LogP contribution is 2.23. The van der Waals surface area contributed by atoms with Crippen LogP contribution in [0, 0.1) is 6.92 Å². The van der Waals surface area contributed by atoms with Crippen LogP contribution in [0.5, 0.6) is 0 Å². The lowest BCUT2D eigenvalue weighted by molar-refractivity contribution is 0.589. The Kier molecular flexibility index (Phi) is 4.79. The lowest BCUT2D eigenvalue weighted by atomic mass is 9.87. The van der Waals surface area contributed by atoms with Gasteiger partial charge in [-0.2, -0.15) is 0 Å². The summed E-state index contributed by atoms with van der Waals surface area (Å²) in [6.07, 6.45) is 0. The van der Waals surface area contributed by atoms with Crippen molar-refractivity contribution < 1.29 is 0 Å². The smallest absolute Gasteiger partial charge is 0.288 e. The van der Waals surface area contributed by atoms with E-state index in [4.69, 9.17) is 0 Å². The van der Waals surface area contributed by atoms with E-state index in [1.54, 1.807) is 4.57 Å². The molecule has 4 nitrogen and oxygen atoms in total. The van der Waals surface area contributed by atoms with E-state index in [1.807, 2.05) is 42.6 Å². The third-order valence-corrected chi connectivity index (χ3v) is 6.10. The van der Waals surface area contributed by atoms with Crippen molar-refractivity contribution in [2.45, 2.75) is 39.7 Å². The van der Waals surface area contributed by atoms with Crippen molar-refractivity contribution in [1.82, 2.24) is 9.13 Å². The fourth-order valence-electron chi connectivity index (χ4n) is 3.45. The molecule has 4 aromatic rings. The second kappa shape index (κ2) is 7.16. The van der Waals surface area contributed by atoms with Crippen LogP contribution in [-0.2, 0) is 12.0 Å². The summed E-state index contributed by atoms with van der Waals surface area (Å²) < 4.78 is 3.57. The van der Waals surface area contributed by atoms with Crippen LogP contribution in [0.3, 0.4) is 0 Å². The van der Waals surface area contributed by atoms with E-state index in [0.29, 0.717) is 22.4 Å². The third-order valence-electron chi connectivity index (χ3n) is 5.21. The van der Waals surface area contributed by atoms with Crippen molar-refractivity contribution in [3.05, 3.63) is 97.5 Å². The molecule has 0 radical (unpaired) electrons. The van der Waals surface area contributed by atoms with Crippen LogP contribution in [-0.4, -0.2) is 9.13 Å². The van der Waals surface area contributed by atoms with E-state index in [-0.39, 0.29) is 16.7 Å². The van der Waals surface area contributed by atoms with Crippen molar-refractivity contribution in [2.75, 3.05) is 0 Å². The van der Waals surface area contributed by atoms with E-state index < -0.39 is 0 Å². The van der Waals surface area contributed by atoms with Crippen LogP contribution >= 0.6 is 11.3 Å². The van der Waals surface area contributed by atoms with Crippen LogP contribution in [0.25, 0.3) is 15.9 Å². The van der Waals surface area contributed by atoms with Gasteiger partial charge in [-0.25, -0.2) is 9.36 Å². The molecule has 2 aromatic carbocycles. The molecule has 0 aliphatic carbocycles. The Balaban J connectivity index is 1.86. The maximum Gasteiger partial charge on any atom is 0.336 e.